The molecule has 17 heavy (non-hydrogen) atoms. The summed E-state index contributed by atoms with van der Waals surface area (Å²) >= 11 is 0. The minimum absolute atomic E-state index is 0.0441. The Hall–Kier alpha value is -1.27. The van der Waals surface area contributed by atoms with Crippen molar-refractivity contribution >= 4 is 21.4 Å². The Morgan fingerprint density at radius 3 is 2.47 bits per heavy atom. The zero-order valence-electron chi connectivity index (χ0n) is 10.2. The van der Waals surface area contributed by atoms with Gasteiger partial charge in [0.1, 0.15) is 0 Å². The van der Waals surface area contributed by atoms with Crippen LogP contribution in [0.5, 0.6) is 0 Å². The standard InChI is InChI=1S/C11H19N3O2S/c1-3-4-7-14(2)11-6-5-9(8-10(11)12)17(13,15)16/h5-6,8H,3-4,7,12H2,1-2H3,(H2,13,15,16). The first kappa shape index (κ1) is 13.8. The maximum atomic E-state index is 11.1. The molecule has 0 amide bonds. The molecule has 0 radical (unpaired) electrons. The van der Waals surface area contributed by atoms with Gasteiger partial charge >= 0.3 is 0 Å². The van der Waals surface area contributed by atoms with E-state index in [1.165, 1.54) is 12.1 Å². The van der Waals surface area contributed by atoms with Crippen molar-refractivity contribution in [3.63, 3.8) is 0 Å². The molecule has 0 aromatic heterocycles. The largest absolute Gasteiger partial charge is 0.397 e. The van der Waals surface area contributed by atoms with Gasteiger partial charge in [-0.1, -0.05) is 13.3 Å². The highest BCUT2D eigenvalue weighted by molar-refractivity contribution is 7.89. The first-order chi connectivity index (χ1) is 7.86. The molecule has 0 bridgehead atoms. The van der Waals surface area contributed by atoms with Crippen LogP contribution in [-0.4, -0.2) is 22.0 Å². The number of benzene rings is 1. The molecule has 0 saturated heterocycles. The van der Waals surface area contributed by atoms with Gasteiger partial charge in [0, 0.05) is 13.6 Å². The van der Waals surface area contributed by atoms with Gasteiger partial charge in [0.25, 0.3) is 0 Å². The highest BCUT2D eigenvalue weighted by Gasteiger charge is 2.11. The molecular weight excluding hydrogens is 238 g/mol. The molecule has 0 saturated carbocycles. The third-order valence-electron chi connectivity index (χ3n) is 2.59. The number of primary sulfonamides is 1. The van der Waals surface area contributed by atoms with Gasteiger partial charge in [-0.3, -0.25) is 0 Å². The Kier molecular flexibility index (Phi) is 4.36. The van der Waals surface area contributed by atoms with E-state index in [1.807, 2.05) is 11.9 Å². The second kappa shape index (κ2) is 5.37. The summed E-state index contributed by atoms with van der Waals surface area (Å²) < 4.78 is 22.3. The van der Waals surface area contributed by atoms with Crippen LogP contribution in [0.25, 0.3) is 0 Å². The Balaban J connectivity index is 2.98. The van der Waals surface area contributed by atoms with Gasteiger partial charge in [-0.15, -0.1) is 0 Å². The third kappa shape index (κ3) is 3.61. The van der Waals surface area contributed by atoms with Crippen LogP contribution < -0.4 is 15.8 Å². The van der Waals surface area contributed by atoms with Crippen molar-refractivity contribution in [2.75, 3.05) is 24.2 Å². The molecule has 5 nitrogen and oxygen atoms in total. The van der Waals surface area contributed by atoms with E-state index in [4.69, 9.17) is 10.9 Å². The molecule has 0 aliphatic rings. The Bertz CT molecular complexity index is 485. The molecule has 6 heteroatoms. The Labute approximate surface area is 102 Å². The minimum atomic E-state index is -3.68. The number of anilines is 2. The first-order valence-electron chi connectivity index (χ1n) is 5.49. The third-order valence-corrected chi connectivity index (χ3v) is 3.50. The monoisotopic (exact) mass is 257 g/mol. The number of hydrogen-bond acceptors (Lipinski definition) is 4. The van der Waals surface area contributed by atoms with Gasteiger partial charge in [0.15, 0.2) is 0 Å². The molecule has 1 aromatic rings. The van der Waals surface area contributed by atoms with Crippen molar-refractivity contribution in [1.29, 1.82) is 0 Å². The summed E-state index contributed by atoms with van der Waals surface area (Å²) in [5.74, 6) is 0. The van der Waals surface area contributed by atoms with Crippen LogP contribution in [0.2, 0.25) is 0 Å². The number of nitrogens with zero attached hydrogens (tertiary/aromatic N) is 1. The fourth-order valence-corrected chi connectivity index (χ4v) is 2.12. The highest BCUT2D eigenvalue weighted by Crippen LogP contribution is 2.25. The van der Waals surface area contributed by atoms with Crippen molar-refractivity contribution in [2.45, 2.75) is 24.7 Å². The van der Waals surface area contributed by atoms with E-state index in [9.17, 15) is 8.42 Å². The van der Waals surface area contributed by atoms with E-state index >= 15 is 0 Å². The van der Waals surface area contributed by atoms with Crippen LogP contribution in [0, 0.1) is 0 Å². The molecule has 0 heterocycles. The van der Waals surface area contributed by atoms with Gasteiger partial charge in [-0.05, 0) is 24.6 Å². The van der Waals surface area contributed by atoms with Crippen LogP contribution in [-0.2, 0) is 10.0 Å². The molecular formula is C11H19N3O2S. The average Bonchev–Trinajstić information content (AvgIpc) is 2.24. The van der Waals surface area contributed by atoms with Crippen molar-refractivity contribution in [1.82, 2.24) is 0 Å². The highest BCUT2D eigenvalue weighted by atomic mass is 32.2. The van der Waals surface area contributed by atoms with Gasteiger partial charge in [-0.2, -0.15) is 0 Å². The van der Waals surface area contributed by atoms with E-state index in [0.717, 1.165) is 25.1 Å². The number of hydrogen-bond donors (Lipinski definition) is 2. The van der Waals surface area contributed by atoms with E-state index in [2.05, 4.69) is 6.92 Å². The predicted octanol–water partition coefficient (Wildman–Crippen LogP) is 1.15. The number of nitrogens with two attached hydrogens (primary N) is 2. The zero-order valence-corrected chi connectivity index (χ0v) is 11.0. The summed E-state index contributed by atoms with van der Waals surface area (Å²) in [5.41, 5.74) is 7.08. The summed E-state index contributed by atoms with van der Waals surface area (Å²) in [6.07, 6.45) is 2.16. The van der Waals surface area contributed by atoms with Crippen LogP contribution >= 0.6 is 0 Å². The molecule has 0 unspecified atom stereocenters. The van der Waals surface area contributed by atoms with Crippen molar-refractivity contribution in [3.05, 3.63) is 18.2 Å². The van der Waals surface area contributed by atoms with E-state index in [0.29, 0.717) is 5.69 Å². The van der Waals surface area contributed by atoms with Gasteiger partial charge in [0.2, 0.25) is 10.0 Å². The van der Waals surface area contributed by atoms with E-state index in [1.54, 1.807) is 6.07 Å². The summed E-state index contributed by atoms with van der Waals surface area (Å²) in [4.78, 5) is 2.05. The number of nitrogen functional groups attached to an aromatic ring is 1. The molecule has 96 valence electrons. The van der Waals surface area contributed by atoms with Crippen LogP contribution in [0.15, 0.2) is 23.1 Å². The second-order valence-corrected chi connectivity index (χ2v) is 5.60. The lowest BCUT2D eigenvalue weighted by Gasteiger charge is -2.21. The van der Waals surface area contributed by atoms with Gasteiger partial charge in [0.05, 0.1) is 16.3 Å². The zero-order chi connectivity index (χ0) is 13.1. The predicted molar refractivity (Wildman–Crippen MR) is 70.4 cm³/mol. The van der Waals surface area contributed by atoms with Crippen LogP contribution in [0.3, 0.4) is 0 Å². The minimum Gasteiger partial charge on any atom is -0.397 e. The molecule has 0 fully saturated rings. The summed E-state index contributed by atoms with van der Waals surface area (Å²) in [6, 6.07) is 4.56. The number of sulfonamides is 1. The molecule has 0 aliphatic heterocycles. The van der Waals surface area contributed by atoms with Crippen LogP contribution in [0.4, 0.5) is 11.4 Å². The Morgan fingerprint density at radius 1 is 1.35 bits per heavy atom. The number of unbranched alkanes of at least 4 members (excludes halogenated alkanes) is 1. The van der Waals surface area contributed by atoms with E-state index < -0.39 is 10.0 Å². The summed E-state index contributed by atoms with van der Waals surface area (Å²) in [6.45, 7) is 3.00. The van der Waals surface area contributed by atoms with E-state index in [-0.39, 0.29) is 4.90 Å². The maximum Gasteiger partial charge on any atom is 0.238 e. The SMILES string of the molecule is CCCCN(C)c1ccc(S(N)(=O)=O)cc1N. The van der Waals surface area contributed by atoms with Crippen molar-refractivity contribution < 1.29 is 8.42 Å². The fraction of sp³-hybridized carbons (Fsp3) is 0.455. The summed E-state index contributed by atoms with van der Waals surface area (Å²) in [7, 11) is -1.75. The van der Waals surface area contributed by atoms with Crippen LogP contribution in [0.1, 0.15) is 19.8 Å². The average molecular weight is 257 g/mol. The lowest BCUT2D eigenvalue weighted by Crippen LogP contribution is -2.20. The molecule has 0 spiro atoms. The molecule has 0 atom stereocenters. The smallest absolute Gasteiger partial charge is 0.238 e. The molecule has 0 aliphatic carbocycles. The van der Waals surface area contributed by atoms with Gasteiger partial charge in [-0.25, -0.2) is 13.6 Å². The maximum absolute atomic E-state index is 11.1. The molecule has 1 rings (SSSR count). The topological polar surface area (TPSA) is 89.4 Å². The van der Waals surface area contributed by atoms with Crippen molar-refractivity contribution in [2.24, 2.45) is 5.14 Å². The number of rotatable bonds is 5. The normalized spacial score (nSPS) is 11.5. The van der Waals surface area contributed by atoms with Gasteiger partial charge < -0.3 is 10.6 Å². The second-order valence-electron chi connectivity index (χ2n) is 4.04. The molecule has 4 N–H and O–H groups in total. The van der Waals surface area contributed by atoms with Crippen molar-refractivity contribution in [3.8, 4) is 0 Å². The summed E-state index contributed by atoms with van der Waals surface area (Å²) in [5, 5.41) is 5.04. The fourth-order valence-electron chi connectivity index (χ4n) is 1.57. The quantitative estimate of drug-likeness (QED) is 0.774. The Morgan fingerprint density at radius 2 is 2.00 bits per heavy atom. The lowest BCUT2D eigenvalue weighted by molar-refractivity contribution is 0.598. The lowest BCUT2D eigenvalue weighted by atomic mass is 10.2. The molecule has 1 aromatic carbocycles. The first-order valence-corrected chi connectivity index (χ1v) is 7.04.